The minimum atomic E-state index is 0.637. The molecule has 2 atom stereocenters. The van der Waals surface area contributed by atoms with Gasteiger partial charge in [0.25, 0.3) is 0 Å². The second kappa shape index (κ2) is 4.60. The van der Waals surface area contributed by atoms with Gasteiger partial charge in [0.15, 0.2) is 0 Å². The maximum Gasteiger partial charge on any atom is 0.0643 e. The molecule has 0 radical (unpaired) electrons. The van der Waals surface area contributed by atoms with Gasteiger partial charge in [0.1, 0.15) is 0 Å². The number of nitrogens with zero attached hydrogens (tertiary/aromatic N) is 1. The Balaban J connectivity index is 1.82. The van der Waals surface area contributed by atoms with Gasteiger partial charge in [0.05, 0.1) is 19.3 Å². The zero-order valence-electron chi connectivity index (χ0n) is 9.33. The first-order valence-electron chi connectivity index (χ1n) is 5.82. The summed E-state index contributed by atoms with van der Waals surface area (Å²) in [5, 5.41) is 3.73. The van der Waals surface area contributed by atoms with Crippen molar-refractivity contribution in [3.05, 3.63) is 0 Å². The van der Waals surface area contributed by atoms with Crippen LogP contribution in [0.25, 0.3) is 0 Å². The monoisotopic (exact) mass is 198 g/mol. The minimum Gasteiger partial charge on any atom is -0.378 e. The SMILES string of the molecule is CCC1CN(C)CCC1NC1COC1. The lowest BCUT2D eigenvalue weighted by Crippen LogP contribution is -2.56. The smallest absolute Gasteiger partial charge is 0.0643 e. The lowest BCUT2D eigenvalue weighted by atomic mass is 9.89. The van der Waals surface area contributed by atoms with Crippen molar-refractivity contribution in [2.75, 3.05) is 33.4 Å². The first kappa shape index (κ1) is 10.4. The van der Waals surface area contributed by atoms with Gasteiger partial charge in [0.2, 0.25) is 0 Å². The van der Waals surface area contributed by atoms with E-state index in [9.17, 15) is 0 Å². The minimum absolute atomic E-state index is 0.637. The van der Waals surface area contributed by atoms with Crippen LogP contribution in [-0.2, 0) is 4.74 Å². The first-order valence-corrected chi connectivity index (χ1v) is 5.82. The van der Waals surface area contributed by atoms with Crippen LogP contribution in [0.2, 0.25) is 0 Å². The molecule has 2 unspecified atom stereocenters. The molecule has 2 fully saturated rings. The van der Waals surface area contributed by atoms with E-state index >= 15 is 0 Å². The maximum atomic E-state index is 5.19. The molecule has 0 amide bonds. The van der Waals surface area contributed by atoms with E-state index in [1.54, 1.807) is 0 Å². The number of hydrogen-bond donors (Lipinski definition) is 1. The van der Waals surface area contributed by atoms with E-state index in [2.05, 4.69) is 24.2 Å². The van der Waals surface area contributed by atoms with Crippen molar-refractivity contribution in [3.63, 3.8) is 0 Å². The summed E-state index contributed by atoms with van der Waals surface area (Å²) >= 11 is 0. The van der Waals surface area contributed by atoms with Gasteiger partial charge in [-0.05, 0) is 25.9 Å². The van der Waals surface area contributed by atoms with Gasteiger partial charge >= 0.3 is 0 Å². The van der Waals surface area contributed by atoms with Crippen LogP contribution in [0.1, 0.15) is 19.8 Å². The van der Waals surface area contributed by atoms with Crippen LogP contribution in [0.4, 0.5) is 0 Å². The summed E-state index contributed by atoms with van der Waals surface area (Å²) in [7, 11) is 2.23. The van der Waals surface area contributed by atoms with Crippen LogP contribution in [0.5, 0.6) is 0 Å². The summed E-state index contributed by atoms with van der Waals surface area (Å²) in [6, 6.07) is 1.36. The topological polar surface area (TPSA) is 24.5 Å². The van der Waals surface area contributed by atoms with Crippen LogP contribution in [-0.4, -0.2) is 50.3 Å². The third kappa shape index (κ3) is 2.27. The van der Waals surface area contributed by atoms with Gasteiger partial charge in [0, 0.05) is 12.6 Å². The average Bonchev–Trinajstić information content (AvgIpc) is 2.13. The molecule has 0 saturated carbocycles. The zero-order valence-corrected chi connectivity index (χ0v) is 9.33. The summed E-state index contributed by atoms with van der Waals surface area (Å²) < 4.78 is 5.19. The molecule has 0 aliphatic carbocycles. The van der Waals surface area contributed by atoms with Crippen LogP contribution < -0.4 is 5.32 Å². The molecule has 2 heterocycles. The van der Waals surface area contributed by atoms with Gasteiger partial charge in [-0.3, -0.25) is 0 Å². The summed E-state index contributed by atoms with van der Waals surface area (Å²) in [6.07, 6.45) is 2.58. The van der Waals surface area contributed by atoms with Crippen molar-refractivity contribution in [2.24, 2.45) is 5.92 Å². The van der Waals surface area contributed by atoms with E-state index in [0.29, 0.717) is 6.04 Å². The molecule has 82 valence electrons. The third-order valence-corrected chi connectivity index (χ3v) is 3.55. The fourth-order valence-electron chi connectivity index (χ4n) is 2.48. The summed E-state index contributed by atoms with van der Waals surface area (Å²) in [6.45, 7) is 6.63. The molecule has 3 heteroatoms. The normalized spacial score (nSPS) is 35.6. The van der Waals surface area contributed by atoms with Crippen LogP contribution >= 0.6 is 0 Å². The number of nitrogens with one attached hydrogen (secondary N) is 1. The predicted molar refractivity (Wildman–Crippen MR) is 57.4 cm³/mol. The molecule has 2 aliphatic heterocycles. The second-order valence-corrected chi connectivity index (χ2v) is 4.73. The average molecular weight is 198 g/mol. The van der Waals surface area contributed by atoms with Crippen LogP contribution in [0.3, 0.4) is 0 Å². The highest BCUT2D eigenvalue weighted by atomic mass is 16.5. The van der Waals surface area contributed by atoms with Crippen molar-refractivity contribution < 1.29 is 4.74 Å². The van der Waals surface area contributed by atoms with Crippen LogP contribution in [0, 0.1) is 5.92 Å². The largest absolute Gasteiger partial charge is 0.378 e. The Bertz CT molecular complexity index is 182. The highest BCUT2D eigenvalue weighted by Crippen LogP contribution is 2.20. The highest BCUT2D eigenvalue weighted by molar-refractivity contribution is 4.87. The Hall–Kier alpha value is -0.120. The van der Waals surface area contributed by atoms with Gasteiger partial charge in [-0.1, -0.05) is 13.3 Å². The summed E-state index contributed by atoms with van der Waals surface area (Å²) in [5.74, 6) is 0.828. The van der Waals surface area contributed by atoms with Gasteiger partial charge in [-0.15, -0.1) is 0 Å². The molecule has 0 aromatic rings. The fraction of sp³-hybridized carbons (Fsp3) is 1.00. The Morgan fingerprint density at radius 3 is 2.79 bits per heavy atom. The predicted octanol–water partition coefficient (Wildman–Crippen LogP) is 0.705. The standard InChI is InChI=1S/C11H22N2O/c1-3-9-6-13(2)5-4-11(9)12-10-7-14-8-10/h9-12H,3-8H2,1-2H3. The Kier molecular flexibility index (Phi) is 3.42. The third-order valence-electron chi connectivity index (χ3n) is 3.55. The lowest BCUT2D eigenvalue weighted by Gasteiger charge is -2.40. The summed E-state index contributed by atoms with van der Waals surface area (Å²) in [5.41, 5.74) is 0. The second-order valence-electron chi connectivity index (χ2n) is 4.73. The molecule has 0 bridgehead atoms. The van der Waals surface area contributed by atoms with Gasteiger partial charge in [-0.2, -0.15) is 0 Å². The Morgan fingerprint density at radius 1 is 1.43 bits per heavy atom. The quantitative estimate of drug-likeness (QED) is 0.722. The van der Waals surface area contributed by atoms with Crippen molar-refractivity contribution in [1.29, 1.82) is 0 Å². The van der Waals surface area contributed by atoms with E-state index in [1.807, 2.05) is 0 Å². The first-order chi connectivity index (χ1) is 6.79. The zero-order chi connectivity index (χ0) is 9.97. The molecule has 2 saturated heterocycles. The van der Waals surface area contributed by atoms with E-state index in [4.69, 9.17) is 4.74 Å². The number of ether oxygens (including phenoxy) is 1. The number of rotatable bonds is 3. The molecule has 2 rings (SSSR count). The van der Waals surface area contributed by atoms with Crippen molar-refractivity contribution in [1.82, 2.24) is 10.2 Å². The highest BCUT2D eigenvalue weighted by Gasteiger charge is 2.30. The van der Waals surface area contributed by atoms with E-state index in [1.165, 1.54) is 25.9 Å². The van der Waals surface area contributed by atoms with E-state index in [0.717, 1.165) is 25.2 Å². The van der Waals surface area contributed by atoms with Gasteiger partial charge < -0.3 is 15.0 Å². The lowest BCUT2D eigenvalue weighted by molar-refractivity contribution is -0.0183. The maximum absolute atomic E-state index is 5.19. The molecule has 14 heavy (non-hydrogen) atoms. The summed E-state index contributed by atoms with van der Waals surface area (Å²) in [4.78, 5) is 2.45. The van der Waals surface area contributed by atoms with E-state index < -0.39 is 0 Å². The molecule has 0 spiro atoms. The Labute approximate surface area is 86.8 Å². The van der Waals surface area contributed by atoms with Crippen molar-refractivity contribution in [2.45, 2.75) is 31.8 Å². The number of hydrogen-bond acceptors (Lipinski definition) is 3. The molecular formula is C11H22N2O. The molecule has 3 nitrogen and oxygen atoms in total. The van der Waals surface area contributed by atoms with Crippen molar-refractivity contribution in [3.8, 4) is 0 Å². The number of likely N-dealkylation sites (tertiary alicyclic amines) is 1. The molecule has 1 N–H and O–H groups in total. The van der Waals surface area contributed by atoms with E-state index in [-0.39, 0.29) is 0 Å². The number of piperidine rings is 1. The van der Waals surface area contributed by atoms with Gasteiger partial charge in [-0.25, -0.2) is 0 Å². The molecular weight excluding hydrogens is 176 g/mol. The molecule has 0 aromatic heterocycles. The fourth-order valence-corrected chi connectivity index (χ4v) is 2.48. The molecule has 2 aliphatic rings. The molecule has 0 aromatic carbocycles. The Morgan fingerprint density at radius 2 is 2.21 bits per heavy atom. The van der Waals surface area contributed by atoms with Crippen LogP contribution in [0.15, 0.2) is 0 Å². The van der Waals surface area contributed by atoms with Crippen molar-refractivity contribution >= 4 is 0 Å².